The Hall–Kier alpha value is -2.24. The minimum Gasteiger partial charge on any atom is -0.381 e. The quantitative estimate of drug-likeness (QED) is 0.848. The molecule has 0 aliphatic carbocycles. The number of nitrogens with one attached hydrogen (secondary N) is 1. The summed E-state index contributed by atoms with van der Waals surface area (Å²) in [6, 6.07) is 16.4. The largest absolute Gasteiger partial charge is 0.381 e. The van der Waals surface area contributed by atoms with Crippen molar-refractivity contribution in [1.29, 1.82) is 0 Å². The molecule has 1 fully saturated rings. The van der Waals surface area contributed by atoms with Gasteiger partial charge in [-0.3, -0.25) is 4.79 Å². The lowest BCUT2D eigenvalue weighted by molar-refractivity contribution is -0.130. The van der Waals surface area contributed by atoms with E-state index >= 15 is 0 Å². The molecular weight excluding hydrogens is 343 g/mol. The maximum absolute atomic E-state index is 13.6. The fraction of sp³-hybridized carbons (Fsp3) is 0.409. The van der Waals surface area contributed by atoms with E-state index in [2.05, 4.69) is 5.32 Å². The Morgan fingerprint density at radius 1 is 1.15 bits per heavy atom. The second-order valence-electron chi connectivity index (χ2n) is 7.30. The Morgan fingerprint density at radius 3 is 2.48 bits per heavy atom. The molecule has 5 heteroatoms. The number of halogens is 1. The van der Waals surface area contributed by atoms with Gasteiger partial charge in [-0.1, -0.05) is 42.5 Å². The smallest absolute Gasteiger partial charge is 0.230 e. The fourth-order valence-corrected chi connectivity index (χ4v) is 3.79. The molecule has 1 aliphatic rings. The molecule has 0 spiro atoms. The Morgan fingerprint density at radius 2 is 1.85 bits per heavy atom. The molecule has 2 aromatic carbocycles. The van der Waals surface area contributed by atoms with Gasteiger partial charge in [0.25, 0.3) is 0 Å². The Kier molecular flexibility index (Phi) is 6.24. The van der Waals surface area contributed by atoms with Crippen LogP contribution in [0.4, 0.5) is 4.39 Å². The van der Waals surface area contributed by atoms with E-state index in [1.165, 1.54) is 12.1 Å². The highest BCUT2D eigenvalue weighted by atomic mass is 19.1. The van der Waals surface area contributed by atoms with Gasteiger partial charge in [-0.05, 0) is 50.2 Å². The summed E-state index contributed by atoms with van der Waals surface area (Å²) >= 11 is 0. The second kappa shape index (κ2) is 8.63. The van der Waals surface area contributed by atoms with E-state index in [4.69, 9.17) is 4.74 Å². The lowest BCUT2D eigenvalue weighted by Crippen LogP contribution is -2.49. The van der Waals surface area contributed by atoms with Gasteiger partial charge < -0.3 is 15.0 Å². The molecule has 144 valence electrons. The van der Waals surface area contributed by atoms with Gasteiger partial charge in [-0.15, -0.1) is 0 Å². The normalized spacial score (nSPS) is 17.5. The Labute approximate surface area is 160 Å². The Bertz CT molecular complexity index is 758. The summed E-state index contributed by atoms with van der Waals surface area (Å²) in [4.78, 5) is 15.3. The minimum absolute atomic E-state index is 0.0141. The summed E-state index contributed by atoms with van der Waals surface area (Å²) < 4.78 is 19.2. The summed E-state index contributed by atoms with van der Waals surface area (Å²) in [5.41, 5.74) is 1.30. The first-order valence-corrected chi connectivity index (χ1v) is 9.36. The molecule has 1 N–H and O–H groups in total. The van der Waals surface area contributed by atoms with Crippen molar-refractivity contribution in [3.05, 3.63) is 71.5 Å². The number of benzene rings is 2. The van der Waals surface area contributed by atoms with Gasteiger partial charge in [0.15, 0.2) is 0 Å². The molecule has 0 radical (unpaired) electrons. The van der Waals surface area contributed by atoms with Crippen molar-refractivity contribution in [3.63, 3.8) is 0 Å². The summed E-state index contributed by atoms with van der Waals surface area (Å²) in [7, 11) is 3.87. The van der Waals surface area contributed by atoms with Gasteiger partial charge in [-0.2, -0.15) is 0 Å². The van der Waals surface area contributed by atoms with Gasteiger partial charge in [-0.25, -0.2) is 4.39 Å². The maximum atomic E-state index is 13.6. The predicted molar refractivity (Wildman–Crippen MR) is 104 cm³/mol. The first-order valence-electron chi connectivity index (χ1n) is 9.36. The molecule has 1 heterocycles. The number of amides is 1. The topological polar surface area (TPSA) is 41.6 Å². The van der Waals surface area contributed by atoms with Crippen LogP contribution in [0.1, 0.15) is 30.0 Å². The highest BCUT2D eigenvalue weighted by Crippen LogP contribution is 2.35. The molecule has 1 unspecified atom stereocenters. The van der Waals surface area contributed by atoms with Crippen molar-refractivity contribution in [2.45, 2.75) is 24.3 Å². The maximum Gasteiger partial charge on any atom is 0.230 e. The fourth-order valence-electron chi connectivity index (χ4n) is 3.79. The van der Waals surface area contributed by atoms with E-state index in [1.54, 1.807) is 6.07 Å². The van der Waals surface area contributed by atoms with Crippen LogP contribution in [0, 0.1) is 5.82 Å². The number of hydrogen-bond acceptors (Lipinski definition) is 3. The molecular formula is C22H27FN2O2. The summed E-state index contributed by atoms with van der Waals surface area (Å²) in [5.74, 6) is -0.254. The van der Waals surface area contributed by atoms with E-state index in [-0.39, 0.29) is 17.8 Å². The van der Waals surface area contributed by atoms with Crippen LogP contribution < -0.4 is 5.32 Å². The number of carbonyl (C=O) groups excluding carboxylic acids is 1. The molecule has 1 amide bonds. The van der Waals surface area contributed by atoms with Crippen molar-refractivity contribution in [3.8, 4) is 0 Å². The summed E-state index contributed by atoms with van der Waals surface area (Å²) in [6.45, 7) is 1.57. The number of ether oxygens (including phenoxy) is 1. The number of rotatable bonds is 6. The van der Waals surface area contributed by atoms with Crippen LogP contribution in [0.15, 0.2) is 54.6 Å². The summed E-state index contributed by atoms with van der Waals surface area (Å²) in [6.07, 6.45) is 1.32. The second-order valence-corrected chi connectivity index (χ2v) is 7.30. The zero-order valence-electron chi connectivity index (χ0n) is 16.0. The van der Waals surface area contributed by atoms with Gasteiger partial charge in [0, 0.05) is 19.8 Å². The average molecular weight is 370 g/mol. The van der Waals surface area contributed by atoms with E-state index in [0.717, 1.165) is 11.1 Å². The van der Waals surface area contributed by atoms with Gasteiger partial charge in [0.05, 0.1) is 11.5 Å². The molecule has 0 saturated carbocycles. The lowest BCUT2D eigenvalue weighted by Gasteiger charge is -2.37. The molecule has 1 saturated heterocycles. The van der Waals surface area contributed by atoms with E-state index in [9.17, 15) is 9.18 Å². The van der Waals surface area contributed by atoms with Crippen molar-refractivity contribution >= 4 is 5.91 Å². The SMILES string of the molecule is CN(C)C(CNC(=O)C1(c2ccccc2)CCOCC1)c1cccc(F)c1. The zero-order chi connectivity index (χ0) is 19.3. The van der Waals surface area contributed by atoms with E-state index in [0.29, 0.717) is 32.6 Å². The third kappa shape index (κ3) is 4.37. The molecule has 1 atom stereocenters. The van der Waals surface area contributed by atoms with Crippen molar-refractivity contribution in [2.75, 3.05) is 33.9 Å². The molecule has 0 aromatic heterocycles. The van der Waals surface area contributed by atoms with Crippen LogP contribution in [0.25, 0.3) is 0 Å². The first-order chi connectivity index (χ1) is 13.0. The number of likely N-dealkylation sites (N-methyl/N-ethyl adjacent to an activating group) is 1. The standard InChI is InChI=1S/C22H27FN2O2/c1-25(2)20(17-7-6-10-19(23)15-17)16-24-21(26)22(11-13-27-14-12-22)18-8-4-3-5-9-18/h3-10,15,20H,11-14,16H2,1-2H3,(H,24,26). The third-order valence-electron chi connectivity index (χ3n) is 5.42. The highest BCUT2D eigenvalue weighted by Gasteiger charge is 2.41. The minimum atomic E-state index is -0.571. The number of hydrogen-bond donors (Lipinski definition) is 1. The number of carbonyl (C=O) groups is 1. The van der Waals surface area contributed by atoms with Crippen LogP contribution in [0.5, 0.6) is 0 Å². The predicted octanol–water partition coefficient (Wildman–Crippen LogP) is 3.29. The molecule has 4 nitrogen and oxygen atoms in total. The highest BCUT2D eigenvalue weighted by molar-refractivity contribution is 5.88. The van der Waals surface area contributed by atoms with E-state index < -0.39 is 5.41 Å². The molecule has 0 bridgehead atoms. The lowest BCUT2D eigenvalue weighted by atomic mass is 9.73. The van der Waals surface area contributed by atoms with Gasteiger partial charge in [0.2, 0.25) is 5.91 Å². The van der Waals surface area contributed by atoms with Crippen LogP contribution in [-0.2, 0) is 14.9 Å². The molecule has 3 rings (SSSR count). The molecule has 27 heavy (non-hydrogen) atoms. The van der Waals surface area contributed by atoms with Crippen molar-refractivity contribution in [2.24, 2.45) is 0 Å². The molecule has 1 aliphatic heterocycles. The average Bonchev–Trinajstić information content (AvgIpc) is 2.69. The van der Waals surface area contributed by atoms with E-state index in [1.807, 2.05) is 55.4 Å². The van der Waals surface area contributed by atoms with Gasteiger partial charge in [0.1, 0.15) is 5.82 Å². The molecule has 2 aromatic rings. The van der Waals surface area contributed by atoms with Crippen LogP contribution in [-0.4, -0.2) is 44.7 Å². The monoisotopic (exact) mass is 370 g/mol. The first kappa shape index (κ1) is 19.5. The zero-order valence-corrected chi connectivity index (χ0v) is 16.0. The van der Waals surface area contributed by atoms with Crippen LogP contribution in [0.2, 0.25) is 0 Å². The van der Waals surface area contributed by atoms with Crippen molar-refractivity contribution < 1.29 is 13.9 Å². The summed E-state index contributed by atoms with van der Waals surface area (Å²) in [5, 5.41) is 3.13. The van der Waals surface area contributed by atoms with Crippen LogP contribution >= 0.6 is 0 Å². The van der Waals surface area contributed by atoms with Crippen molar-refractivity contribution in [1.82, 2.24) is 10.2 Å². The Balaban J connectivity index is 1.79. The van der Waals surface area contributed by atoms with Gasteiger partial charge >= 0.3 is 0 Å². The third-order valence-corrected chi connectivity index (χ3v) is 5.42. The number of nitrogens with zero attached hydrogens (tertiary/aromatic N) is 1. The van der Waals surface area contributed by atoms with Crippen LogP contribution in [0.3, 0.4) is 0 Å².